The Morgan fingerprint density at radius 3 is 2.93 bits per heavy atom. The van der Waals surface area contributed by atoms with Crippen molar-refractivity contribution in [2.45, 2.75) is 56.1 Å². The molecule has 1 saturated carbocycles. The molecule has 0 bridgehead atoms. The Morgan fingerprint density at radius 1 is 1.30 bits per heavy atom. The van der Waals surface area contributed by atoms with Crippen molar-refractivity contribution in [3.63, 3.8) is 0 Å². The maximum absolute atomic E-state index is 14.8. The highest BCUT2D eigenvalue weighted by Gasteiger charge is 2.64. The van der Waals surface area contributed by atoms with Crippen LogP contribution < -0.4 is 5.73 Å². The van der Waals surface area contributed by atoms with E-state index in [-0.39, 0.29) is 17.5 Å². The fraction of sp³-hybridized carbons (Fsp3) is 0.455. The summed E-state index contributed by atoms with van der Waals surface area (Å²) in [4.78, 5) is 8.57. The van der Waals surface area contributed by atoms with Gasteiger partial charge in [0.2, 0.25) is 0 Å². The summed E-state index contributed by atoms with van der Waals surface area (Å²) in [5, 5.41) is 0. The average molecular weight is 480 g/mol. The number of aliphatic imine (C=N–C) groups is 1. The molecule has 2 heterocycles. The molecule has 0 spiro atoms. The quantitative estimate of drug-likeness (QED) is 0.682. The van der Waals surface area contributed by atoms with Crippen LogP contribution in [0.15, 0.2) is 39.9 Å². The molecule has 30 heavy (non-hydrogen) atoms. The summed E-state index contributed by atoms with van der Waals surface area (Å²) >= 11 is 3.46. The van der Waals surface area contributed by atoms with Crippen LogP contribution in [0.3, 0.4) is 0 Å². The largest absolute Gasteiger partial charge is 0.462 e. The number of amidine groups is 1. The lowest BCUT2D eigenvalue weighted by Crippen LogP contribution is -2.43. The highest BCUT2D eigenvalue weighted by molar-refractivity contribution is 9.10. The minimum absolute atomic E-state index is 0.0893. The molecule has 0 saturated heterocycles. The zero-order chi connectivity index (χ0) is 21.0. The van der Waals surface area contributed by atoms with E-state index in [2.05, 4.69) is 32.0 Å². The number of aryl methyl sites for hydroxylation is 1. The Labute approximate surface area is 180 Å². The summed E-state index contributed by atoms with van der Waals surface area (Å²) in [6.07, 6.45) is 2.45. The van der Waals surface area contributed by atoms with Crippen LogP contribution in [0.4, 0.5) is 13.2 Å². The van der Waals surface area contributed by atoms with Gasteiger partial charge in [-0.05, 0) is 71.3 Å². The summed E-state index contributed by atoms with van der Waals surface area (Å²) in [6.45, 7) is 0. The minimum atomic E-state index is -2.88. The molecule has 4 atom stereocenters. The smallest absolute Gasteiger partial charge is 0.283 e. The molecule has 4 nitrogen and oxygen atoms in total. The number of halogens is 4. The van der Waals surface area contributed by atoms with Gasteiger partial charge in [0.05, 0.1) is 0 Å². The van der Waals surface area contributed by atoms with Gasteiger partial charge in [0.15, 0.2) is 5.54 Å². The molecule has 0 radical (unpaired) electrons. The second-order valence-corrected chi connectivity index (χ2v) is 9.30. The first-order chi connectivity index (χ1) is 14.4. The maximum Gasteiger partial charge on any atom is 0.283 e. The highest BCUT2D eigenvalue weighted by Crippen LogP contribution is 2.56. The summed E-state index contributed by atoms with van der Waals surface area (Å²) in [5.74, 6) is -1.09. The summed E-state index contributed by atoms with van der Waals surface area (Å²) in [5.41, 5.74) is 6.63. The predicted molar refractivity (Wildman–Crippen MR) is 110 cm³/mol. The van der Waals surface area contributed by atoms with Gasteiger partial charge in [-0.15, -0.1) is 0 Å². The van der Waals surface area contributed by atoms with Crippen molar-refractivity contribution in [3.05, 3.63) is 63.1 Å². The third-order valence-electron chi connectivity index (χ3n) is 6.50. The van der Waals surface area contributed by atoms with Crippen molar-refractivity contribution in [1.82, 2.24) is 4.98 Å². The van der Waals surface area contributed by atoms with Gasteiger partial charge >= 0.3 is 0 Å². The molecule has 5 rings (SSSR count). The predicted octanol–water partition coefficient (Wildman–Crippen LogP) is 4.84. The van der Waals surface area contributed by atoms with E-state index >= 15 is 0 Å². The number of fused-ring (bicyclic) bond motifs is 2. The third kappa shape index (κ3) is 3.20. The maximum atomic E-state index is 14.8. The molecular formula is C22H21BrF3N3O. The van der Waals surface area contributed by atoms with Gasteiger partial charge in [-0.3, -0.25) is 4.98 Å². The van der Waals surface area contributed by atoms with Gasteiger partial charge in [0.1, 0.15) is 11.9 Å². The Hall–Kier alpha value is -2.09. The Morgan fingerprint density at radius 2 is 2.13 bits per heavy atom. The van der Waals surface area contributed by atoms with E-state index in [9.17, 15) is 13.2 Å². The molecule has 0 amide bonds. The van der Waals surface area contributed by atoms with Gasteiger partial charge < -0.3 is 10.5 Å². The normalized spacial score (nSPS) is 29.6. The number of benzene rings is 1. The van der Waals surface area contributed by atoms with Crippen LogP contribution in [0.25, 0.3) is 0 Å². The van der Waals surface area contributed by atoms with E-state index in [0.717, 1.165) is 35.0 Å². The third-order valence-corrected chi connectivity index (χ3v) is 6.93. The Kier molecular flexibility index (Phi) is 4.80. The first kappa shape index (κ1) is 19.8. The van der Waals surface area contributed by atoms with Crippen molar-refractivity contribution in [2.75, 3.05) is 0 Å². The van der Waals surface area contributed by atoms with Gasteiger partial charge in [-0.1, -0.05) is 12.1 Å². The first-order valence-electron chi connectivity index (χ1n) is 10.1. The fourth-order valence-electron chi connectivity index (χ4n) is 5.02. The molecule has 1 fully saturated rings. The number of hydrogen-bond acceptors (Lipinski definition) is 4. The highest BCUT2D eigenvalue weighted by atomic mass is 79.9. The Balaban J connectivity index is 1.52. The summed E-state index contributed by atoms with van der Waals surface area (Å²) < 4.78 is 49.7. The molecule has 2 aromatic rings. The monoisotopic (exact) mass is 479 g/mol. The molecule has 1 aliphatic heterocycles. The molecule has 1 aromatic heterocycles. The standard InChI is InChI=1S/C22H21BrF3N3O/c23-14-8-13-3-1-2-12(19(13)28-10-14)6-11-4-5-17(24)15(7-11)22(20(25)26)16-9-18(16)30-21(27)29-22/h4-5,7-8,10,12,16,18,20H,1-3,6,9H2,(H2,27,29)/t12-,16+,18-,22-/m1/s1. The number of rotatable bonds is 4. The summed E-state index contributed by atoms with van der Waals surface area (Å²) in [7, 11) is 0. The Bertz CT molecular complexity index is 1030. The number of alkyl halides is 2. The first-order valence-corrected chi connectivity index (χ1v) is 10.9. The van der Waals surface area contributed by atoms with E-state index in [1.807, 2.05) is 0 Å². The molecule has 3 aliphatic rings. The molecule has 2 N–H and O–H groups in total. The molecule has 2 aliphatic carbocycles. The van der Waals surface area contributed by atoms with Crippen molar-refractivity contribution >= 4 is 22.0 Å². The van der Waals surface area contributed by atoms with Crippen LogP contribution in [0.1, 0.15) is 47.6 Å². The molecule has 8 heteroatoms. The van der Waals surface area contributed by atoms with E-state index in [1.54, 1.807) is 18.3 Å². The topological polar surface area (TPSA) is 60.5 Å². The van der Waals surface area contributed by atoms with E-state index in [1.165, 1.54) is 11.6 Å². The van der Waals surface area contributed by atoms with Crippen molar-refractivity contribution in [3.8, 4) is 0 Å². The molecular weight excluding hydrogens is 459 g/mol. The number of aromatic nitrogens is 1. The van der Waals surface area contributed by atoms with Crippen molar-refractivity contribution in [1.29, 1.82) is 0 Å². The van der Waals surface area contributed by atoms with Crippen LogP contribution in [0.2, 0.25) is 0 Å². The van der Waals surface area contributed by atoms with Gasteiger partial charge in [-0.2, -0.15) is 0 Å². The number of nitrogens with two attached hydrogens (primary N) is 1. The van der Waals surface area contributed by atoms with E-state index in [4.69, 9.17) is 10.5 Å². The minimum Gasteiger partial charge on any atom is -0.462 e. The van der Waals surface area contributed by atoms with Crippen LogP contribution in [-0.4, -0.2) is 23.5 Å². The second kappa shape index (κ2) is 7.25. The number of hydrogen-bond donors (Lipinski definition) is 1. The lowest BCUT2D eigenvalue weighted by Gasteiger charge is -2.33. The number of ether oxygens (including phenoxy) is 1. The zero-order valence-electron chi connectivity index (χ0n) is 16.1. The molecule has 1 aromatic carbocycles. The SMILES string of the molecule is NC1=N[C@@](c2cc(C[C@H]3CCCc4cc(Br)cnc43)ccc2F)(C(F)F)[C@H]2C[C@H]2O1. The fourth-order valence-corrected chi connectivity index (χ4v) is 5.40. The summed E-state index contributed by atoms with van der Waals surface area (Å²) in [6, 6.07) is 6.28. The molecule has 158 valence electrons. The second-order valence-electron chi connectivity index (χ2n) is 8.38. The number of nitrogens with zero attached hydrogens (tertiary/aromatic N) is 2. The van der Waals surface area contributed by atoms with Gasteiger partial charge in [0.25, 0.3) is 12.4 Å². The van der Waals surface area contributed by atoms with Gasteiger partial charge in [-0.25, -0.2) is 18.2 Å². The lowest BCUT2D eigenvalue weighted by atomic mass is 9.80. The van der Waals surface area contributed by atoms with E-state index in [0.29, 0.717) is 12.8 Å². The lowest BCUT2D eigenvalue weighted by molar-refractivity contribution is 0.0176. The van der Waals surface area contributed by atoms with Crippen LogP contribution in [-0.2, 0) is 23.1 Å². The van der Waals surface area contributed by atoms with Crippen molar-refractivity contribution in [2.24, 2.45) is 16.6 Å². The van der Waals surface area contributed by atoms with Crippen LogP contribution in [0, 0.1) is 11.7 Å². The van der Waals surface area contributed by atoms with Gasteiger partial charge in [0, 0.05) is 33.8 Å². The van der Waals surface area contributed by atoms with Crippen molar-refractivity contribution < 1.29 is 17.9 Å². The number of pyridine rings is 1. The van der Waals surface area contributed by atoms with Crippen LogP contribution in [0.5, 0.6) is 0 Å². The van der Waals surface area contributed by atoms with Crippen LogP contribution >= 0.6 is 15.9 Å². The zero-order valence-corrected chi connectivity index (χ0v) is 17.7. The average Bonchev–Trinajstić information content (AvgIpc) is 3.48. The van der Waals surface area contributed by atoms with E-state index < -0.39 is 29.8 Å². The molecule has 0 unspecified atom stereocenters.